The minimum Gasteiger partial charge on any atom is -0.494 e. The lowest BCUT2D eigenvalue weighted by Crippen LogP contribution is -2.28. The van der Waals surface area contributed by atoms with Gasteiger partial charge in [0.15, 0.2) is 9.84 Å². The number of nitrogens with zero attached hydrogens (tertiary/aromatic N) is 1. The molecule has 108 valence electrons. The lowest BCUT2D eigenvalue weighted by Gasteiger charge is -2.26. The molecule has 6 heteroatoms. The third-order valence-corrected chi connectivity index (χ3v) is 5.35. The highest BCUT2D eigenvalue weighted by Gasteiger charge is 2.48. The van der Waals surface area contributed by atoms with E-state index in [4.69, 9.17) is 4.74 Å². The number of hydrogen-bond acceptors (Lipinski definition) is 5. The number of rotatable bonds is 4. The average molecular weight is 295 g/mol. The normalized spacial score (nSPS) is 25.9. The first-order chi connectivity index (χ1) is 9.42. The summed E-state index contributed by atoms with van der Waals surface area (Å²) >= 11 is 0. The van der Waals surface area contributed by atoms with Crippen LogP contribution in [0.3, 0.4) is 0 Å². The maximum absolute atomic E-state index is 11.6. The van der Waals surface area contributed by atoms with E-state index in [1.165, 1.54) is 0 Å². The Labute approximate surface area is 118 Å². The van der Waals surface area contributed by atoms with Gasteiger partial charge in [0.25, 0.3) is 0 Å². The van der Waals surface area contributed by atoms with Gasteiger partial charge in [0.2, 0.25) is 0 Å². The van der Waals surface area contributed by atoms with E-state index < -0.39 is 21.4 Å². The largest absolute Gasteiger partial charge is 0.494 e. The van der Waals surface area contributed by atoms with Crippen molar-refractivity contribution in [1.29, 1.82) is 5.26 Å². The average Bonchev–Trinajstić information content (AvgIpc) is 2.75. The minimum atomic E-state index is -3.25. The van der Waals surface area contributed by atoms with Gasteiger partial charge < -0.3 is 9.84 Å². The van der Waals surface area contributed by atoms with Crippen LogP contribution in [0.25, 0.3) is 0 Å². The molecule has 2 unspecified atom stereocenters. The number of aliphatic hydroxyl groups excluding tert-OH is 1. The second-order valence-corrected chi connectivity index (χ2v) is 7.20. The zero-order chi connectivity index (χ0) is 14.8. The molecule has 2 rings (SSSR count). The summed E-state index contributed by atoms with van der Waals surface area (Å²) in [4.78, 5) is 0. The molecule has 5 nitrogen and oxygen atoms in total. The van der Waals surface area contributed by atoms with Crippen molar-refractivity contribution in [2.75, 3.05) is 18.1 Å². The fraction of sp³-hybridized carbons (Fsp3) is 0.500. The Kier molecular flexibility index (Phi) is 4.02. The van der Waals surface area contributed by atoms with Gasteiger partial charge in [-0.3, -0.25) is 0 Å². The van der Waals surface area contributed by atoms with Crippen LogP contribution in [-0.4, -0.2) is 31.6 Å². The lowest BCUT2D eigenvalue weighted by atomic mass is 9.80. The quantitative estimate of drug-likeness (QED) is 0.908. The van der Waals surface area contributed by atoms with Crippen LogP contribution in [0.1, 0.15) is 25.0 Å². The van der Waals surface area contributed by atoms with Crippen LogP contribution in [-0.2, 0) is 9.84 Å². The molecule has 1 fully saturated rings. The number of benzene rings is 1. The summed E-state index contributed by atoms with van der Waals surface area (Å²) in [6, 6.07) is 8.82. The van der Waals surface area contributed by atoms with Crippen molar-refractivity contribution in [3.05, 3.63) is 29.8 Å². The maximum atomic E-state index is 11.6. The van der Waals surface area contributed by atoms with E-state index >= 15 is 0 Å². The summed E-state index contributed by atoms with van der Waals surface area (Å²) < 4.78 is 28.6. The molecule has 0 spiro atoms. The van der Waals surface area contributed by atoms with Crippen LogP contribution >= 0.6 is 0 Å². The summed E-state index contributed by atoms with van der Waals surface area (Å²) in [5.41, 5.74) is -0.751. The zero-order valence-corrected chi connectivity index (χ0v) is 12.1. The molecule has 1 aromatic carbocycles. The predicted molar refractivity (Wildman–Crippen MR) is 73.9 cm³/mol. The SMILES string of the molecule is CCOc1cccc(C(O)C2(C#N)CCS(=O)(=O)C2)c1. The molecular weight excluding hydrogens is 278 g/mol. The van der Waals surface area contributed by atoms with Crippen molar-refractivity contribution in [2.24, 2.45) is 5.41 Å². The van der Waals surface area contributed by atoms with Gasteiger partial charge in [-0.1, -0.05) is 12.1 Å². The standard InChI is InChI=1S/C14H17NO4S/c1-2-19-12-5-3-4-11(8-12)13(16)14(9-15)6-7-20(17,18)10-14/h3-5,8,13,16H,2,6-7,10H2,1H3. The number of ether oxygens (including phenoxy) is 1. The second kappa shape index (κ2) is 5.43. The van der Waals surface area contributed by atoms with Gasteiger partial charge in [-0.2, -0.15) is 5.26 Å². The molecule has 1 heterocycles. The van der Waals surface area contributed by atoms with Crippen LogP contribution in [0.2, 0.25) is 0 Å². The fourth-order valence-electron chi connectivity index (χ4n) is 2.50. The summed E-state index contributed by atoms with van der Waals surface area (Å²) in [6.07, 6.45) is -0.975. The van der Waals surface area contributed by atoms with E-state index in [2.05, 4.69) is 0 Å². The molecular formula is C14H17NO4S. The van der Waals surface area contributed by atoms with E-state index in [-0.39, 0.29) is 17.9 Å². The van der Waals surface area contributed by atoms with Gasteiger partial charge in [0.1, 0.15) is 11.2 Å². The molecule has 0 radical (unpaired) electrons. The second-order valence-electron chi connectivity index (χ2n) is 5.02. The van der Waals surface area contributed by atoms with Crippen LogP contribution in [0, 0.1) is 16.7 Å². The van der Waals surface area contributed by atoms with Crippen molar-refractivity contribution in [3.8, 4) is 11.8 Å². The van der Waals surface area contributed by atoms with E-state index in [0.717, 1.165) is 0 Å². The summed E-state index contributed by atoms with van der Waals surface area (Å²) in [5, 5.41) is 19.8. The van der Waals surface area contributed by atoms with Gasteiger partial charge in [-0.25, -0.2) is 8.42 Å². The first-order valence-electron chi connectivity index (χ1n) is 6.45. The molecule has 2 atom stereocenters. The van der Waals surface area contributed by atoms with Crippen molar-refractivity contribution < 1.29 is 18.3 Å². The fourth-order valence-corrected chi connectivity index (χ4v) is 4.47. The number of hydrogen-bond donors (Lipinski definition) is 1. The highest BCUT2D eigenvalue weighted by molar-refractivity contribution is 7.91. The van der Waals surface area contributed by atoms with E-state index in [1.807, 2.05) is 13.0 Å². The van der Waals surface area contributed by atoms with Crippen molar-refractivity contribution >= 4 is 9.84 Å². The predicted octanol–water partition coefficient (Wildman–Crippen LogP) is 1.45. The highest BCUT2D eigenvalue weighted by atomic mass is 32.2. The maximum Gasteiger partial charge on any atom is 0.152 e. The van der Waals surface area contributed by atoms with E-state index in [1.54, 1.807) is 24.3 Å². The molecule has 1 N–H and O–H groups in total. The molecule has 0 aromatic heterocycles. The molecule has 0 bridgehead atoms. The van der Waals surface area contributed by atoms with Crippen LogP contribution in [0.5, 0.6) is 5.75 Å². The van der Waals surface area contributed by atoms with Crippen molar-refractivity contribution in [3.63, 3.8) is 0 Å². The highest BCUT2D eigenvalue weighted by Crippen LogP contribution is 2.43. The van der Waals surface area contributed by atoms with Gasteiger partial charge in [0.05, 0.1) is 30.3 Å². The third kappa shape index (κ3) is 2.79. The smallest absolute Gasteiger partial charge is 0.152 e. The van der Waals surface area contributed by atoms with Crippen LogP contribution in [0.15, 0.2) is 24.3 Å². The first-order valence-corrected chi connectivity index (χ1v) is 8.27. The van der Waals surface area contributed by atoms with E-state index in [0.29, 0.717) is 17.9 Å². The molecule has 1 aliphatic rings. The topological polar surface area (TPSA) is 87.4 Å². The first kappa shape index (κ1) is 14.8. The Bertz CT molecular complexity index is 635. The van der Waals surface area contributed by atoms with Crippen LogP contribution < -0.4 is 4.74 Å². The summed E-state index contributed by atoms with van der Waals surface area (Å²) in [5.74, 6) is 0.247. The van der Waals surface area contributed by atoms with E-state index in [9.17, 15) is 18.8 Å². The Hall–Kier alpha value is -1.58. The van der Waals surface area contributed by atoms with Gasteiger partial charge in [0, 0.05) is 0 Å². The van der Waals surface area contributed by atoms with Gasteiger partial charge >= 0.3 is 0 Å². The third-order valence-electron chi connectivity index (χ3n) is 3.57. The lowest BCUT2D eigenvalue weighted by molar-refractivity contribution is 0.0791. The zero-order valence-electron chi connectivity index (χ0n) is 11.2. The molecule has 0 saturated carbocycles. The number of aliphatic hydroxyl groups is 1. The van der Waals surface area contributed by atoms with Gasteiger partial charge in [-0.05, 0) is 31.0 Å². The summed E-state index contributed by atoms with van der Waals surface area (Å²) in [7, 11) is -3.25. The Morgan fingerprint density at radius 1 is 1.55 bits per heavy atom. The molecule has 1 saturated heterocycles. The van der Waals surface area contributed by atoms with Crippen LogP contribution in [0.4, 0.5) is 0 Å². The molecule has 0 amide bonds. The number of nitriles is 1. The van der Waals surface area contributed by atoms with Crippen molar-refractivity contribution in [1.82, 2.24) is 0 Å². The summed E-state index contributed by atoms with van der Waals surface area (Å²) in [6.45, 7) is 2.35. The molecule has 1 aliphatic heterocycles. The number of sulfone groups is 1. The monoisotopic (exact) mass is 295 g/mol. The molecule has 0 aliphatic carbocycles. The molecule has 20 heavy (non-hydrogen) atoms. The minimum absolute atomic E-state index is 0.0528. The van der Waals surface area contributed by atoms with Crippen molar-refractivity contribution in [2.45, 2.75) is 19.4 Å². The molecule has 1 aromatic rings. The Balaban J connectivity index is 2.33. The van der Waals surface area contributed by atoms with Gasteiger partial charge in [-0.15, -0.1) is 0 Å². The Morgan fingerprint density at radius 2 is 2.30 bits per heavy atom. The Morgan fingerprint density at radius 3 is 2.85 bits per heavy atom.